The van der Waals surface area contributed by atoms with Crippen molar-refractivity contribution in [2.75, 3.05) is 33.4 Å². The minimum absolute atomic E-state index is 0.0162. The summed E-state index contributed by atoms with van der Waals surface area (Å²) in [6, 6.07) is 5.45. The Morgan fingerprint density at radius 1 is 1.11 bits per heavy atom. The van der Waals surface area contributed by atoms with Crippen LogP contribution in [0.1, 0.15) is 57.8 Å². The van der Waals surface area contributed by atoms with E-state index in [4.69, 9.17) is 4.74 Å². The molecule has 1 atom stereocenters. The predicted octanol–water partition coefficient (Wildman–Crippen LogP) is 3.11. The summed E-state index contributed by atoms with van der Waals surface area (Å²) in [6.07, 6.45) is 1.47. The van der Waals surface area contributed by atoms with Crippen molar-refractivity contribution < 1.29 is 19.4 Å². The number of hydrogen-bond acceptors (Lipinski definition) is 4. The fourth-order valence-electron chi connectivity index (χ4n) is 5.79. The van der Waals surface area contributed by atoms with Gasteiger partial charge in [0, 0.05) is 61.3 Å². The van der Waals surface area contributed by atoms with E-state index < -0.39 is 6.04 Å². The number of urea groups is 2. The molecule has 9 nitrogen and oxygen atoms in total. The topological polar surface area (TPSA) is 99.1 Å². The zero-order chi connectivity index (χ0) is 25.5. The summed E-state index contributed by atoms with van der Waals surface area (Å²) < 4.78 is 7.59. The second-order valence-corrected chi connectivity index (χ2v) is 10.5. The van der Waals surface area contributed by atoms with Gasteiger partial charge in [0.25, 0.3) is 0 Å². The number of aryl methyl sites for hydroxylation is 1. The smallest absolute Gasteiger partial charge is 0.318 e. The van der Waals surface area contributed by atoms with Crippen molar-refractivity contribution in [2.45, 2.75) is 64.1 Å². The number of nitrogens with zero attached hydrogens (tertiary/aromatic N) is 3. The van der Waals surface area contributed by atoms with Crippen molar-refractivity contribution in [1.29, 1.82) is 0 Å². The molecule has 0 bridgehead atoms. The largest absolute Gasteiger partial charge is 0.497 e. The maximum absolute atomic E-state index is 13.3. The van der Waals surface area contributed by atoms with E-state index in [1.165, 1.54) is 5.56 Å². The molecule has 0 aliphatic carbocycles. The van der Waals surface area contributed by atoms with Gasteiger partial charge in [0.2, 0.25) is 0 Å². The van der Waals surface area contributed by atoms with E-state index in [2.05, 4.69) is 21.3 Å². The van der Waals surface area contributed by atoms with Gasteiger partial charge < -0.3 is 34.8 Å². The summed E-state index contributed by atoms with van der Waals surface area (Å²) in [6.45, 7) is 9.33. The number of rotatable bonds is 4. The Kier molecular flexibility index (Phi) is 6.90. The first-order valence-corrected chi connectivity index (χ1v) is 12.5. The Morgan fingerprint density at radius 2 is 1.74 bits per heavy atom. The average molecular weight is 486 g/mol. The molecule has 1 saturated heterocycles. The van der Waals surface area contributed by atoms with Crippen LogP contribution in [-0.4, -0.2) is 77.0 Å². The summed E-state index contributed by atoms with van der Waals surface area (Å²) in [7, 11) is 3.64. The van der Waals surface area contributed by atoms with Crippen molar-refractivity contribution in [1.82, 2.24) is 25.0 Å². The molecule has 1 fully saturated rings. The van der Waals surface area contributed by atoms with E-state index in [1.807, 2.05) is 51.8 Å². The van der Waals surface area contributed by atoms with Crippen LogP contribution in [0.2, 0.25) is 0 Å². The number of methoxy groups -OCH3 is 1. The number of hydrogen-bond donors (Lipinski definition) is 3. The second-order valence-electron chi connectivity index (χ2n) is 10.5. The summed E-state index contributed by atoms with van der Waals surface area (Å²) >= 11 is 0. The highest BCUT2D eigenvalue weighted by Gasteiger charge is 2.49. The number of carbonyl (C=O) groups is 2. The van der Waals surface area contributed by atoms with E-state index in [0.717, 1.165) is 35.2 Å². The maximum Gasteiger partial charge on any atom is 0.318 e. The molecule has 1 aromatic heterocycles. The predicted molar refractivity (Wildman–Crippen MR) is 136 cm³/mol. The number of piperidine rings is 1. The highest BCUT2D eigenvalue weighted by atomic mass is 16.5. The van der Waals surface area contributed by atoms with Crippen molar-refractivity contribution in [2.24, 2.45) is 7.05 Å². The lowest BCUT2D eigenvalue weighted by Gasteiger charge is -2.50. The van der Waals surface area contributed by atoms with Crippen molar-refractivity contribution >= 4 is 23.0 Å². The van der Waals surface area contributed by atoms with Crippen LogP contribution in [-0.2, 0) is 12.5 Å². The normalized spacial score (nSPS) is 19.4. The number of aliphatic hydroxyl groups is 1. The molecule has 3 heterocycles. The monoisotopic (exact) mass is 485 g/mol. The van der Waals surface area contributed by atoms with Crippen LogP contribution in [0.3, 0.4) is 0 Å². The summed E-state index contributed by atoms with van der Waals surface area (Å²) in [5, 5.41) is 17.6. The first-order chi connectivity index (χ1) is 16.6. The number of fused-ring (bicyclic) bond motifs is 4. The lowest BCUT2D eigenvalue weighted by molar-refractivity contribution is 0.0710. The van der Waals surface area contributed by atoms with Gasteiger partial charge in [-0.1, -0.05) is 0 Å². The van der Waals surface area contributed by atoms with Crippen LogP contribution in [0.5, 0.6) is 5.75 Å². The van der Waals surface area contributed by atoms with E-state index in [-0.39, 0.29) is 36.2 Å². The van der Waals surface area contributed by atoms with Crippen LogP contribution in [0.15, 0.2) is 18.2 Å². The third-order valence-electron chi connectivity index (χ3n) is 7.41. The first-order valence-electron chi connectivity index (χ1n) is 12.5. The van der Waals surface area contributed by atoms with Crippen molar-refractivity contribution in [3.8, 4) is 5.75 Å². The van der Waals surface area contributed by atoms with E-state index in [1.54, 1.807) is 12.0 Å². The van der Waals surface area contributed by atoms with Gasteiger partial charge in [-0.05, 0) is 58.2 Å². The Morgan fingerprint density at radius 3 is 2.31 bits per heavy atom. The van der Waals surface area contributed by atoms with Gasteiger partial charge in [-0.25, -0.2) is 9.59 Å². The standard InChI is InChI=1S/C26H39N5O4/c1-16(2)27-24(33)30-11-9-26(10-12-30)15-31(25(34)28-17(3)4)21(14-32)23-22(26)19-8-7-18(35-6)13-20(19)29(23)5/h7-8,13,16-17,21,32H,9-12,14-15H2,1-6H3,(H,27,33)(H,28,34)/t21-/m1/s1. The third kappa shape index (κ3) is 4.42. The summed E-state index contributed by atoms with van der Waals surface area (Å²) in [4.78, 5) is 29.7. The minimum Gasteiger partial charge on any atom is -0.497 e. The zero-order valence-corrected chi connectivity index (χ0v) is 21.7. The van der Waals surface area contributed by atoms with Gasteiger partial charge in [-0.2, -0.15) is 0 Å². The molecule has 4 rings (SSSR count). The number of likely N-dealkylation sites (tertiary alicyclic amines) is 1. The van der Waals surface area contributed by atoms with Crippen LogP contribution in [0.25, 0.3) is 10.9 Å². The SMILES string of the molecule is COc1ccc2c3c(n(C)c2c1)[C@@H](CO)N(C(=O)NC(C)C)CC31CCN(C(=O)NC(C)C)CC1. The zero-order valence-electron chi connectivity index (χ0n) is 21.7. The Bertz CT molecular complexity index is 1100. The van der Waals surface area contributed by atoms with Gasteiger partial charge >= 0.3 is 12.1 Å². The van der Waals surface area contributed by atoms with E-state index >= 15 is 0 Å². The molecule has 4 amide bonds. The number of nitrogens with one attached hydrogen (secondary N) is 2. The third-order valence-corrected chi connectivity index (χ3v) is 7.41. The lowest BCUT2D eigenvalue weighted by atomic mass is 9.68. The second kappa shape index (κ2) is 9.60. The highest BCUT2D eigenvalue weighted by molar-refractivity contribution is 5.89. The molecule has 3 N–H and O–H groups in total. The quantitative estimate of drug-likeness (QED) is 0.620. The summed E-state index contributed by atoms with van der Waals surface area (Å²) in [5.74, 6) is 0.764. The van der Waals surface area contributed by atoms with Gasteiger partial charge in [0.05, 0.1) is 25.3 Å². The molecule has 1 aromatic carbocycles. The molecule has 0 saturated carbocycles. The molecule has 192 valence electrons. The number of ether oxygens (including phenoxy) is 1. The van der Waals surface area contributed by atoms with Crippen molar-refractivity contribution in [3.05, 3.63) is 29.5 Å². The van der Waals surface area contributed by atoms with Crippen LogP contribution < -0.4 is 15.4 Å². The molecule has 2 aromatic rings. The van der Waals surface area contributed by atoms with Crippen LogP contribution in [0, 0.1) is 0 Å². The minimum atomic E-state index is -0.458. The number of aromatic nitrogens is 1. The van der Waals surface area contributed by atoms with Gasteiger partial charge in [0.1, 0.15) is 5.75 Å². The molecular weight excluding hydrogens is 446 g/mol. The van der Waals surface area contributed by atoms with Crippen LogP contribution >= 0.6 is 0 Å². The fraction of sp³-hybridized carbons (Fsp3) is 0.615. The molecule has 35 heavy (non-hydrogen) atoms. The molecule has 1 spiro atoms. The molecule has 2 aliphatic heterocycles. The van der Waals surface area contributed by atoms with Crippen LogP contribution in [0.4, 0.5) is 9.59 Å². The van der Waals surface area contributed by atoms with Crippen molar-refractivity contribution in [3.63, 3.8) is 0 Å². The number of carbonyl (C=O) groups excluding carboxylic acids is 2. The number of aliphatic hydroxyl groups excluding tert-OH is 1. The Balaban J connectivity index is 1.82. The average Bonchev–Trinajstić information content (AvgIpc) is 3.11. The van der Waals surface area contributed by atoms with Gasteiger partial charge in [0.15, 0.2) is 0 Å². The molecule has 0 unspecified atom stereocenters. The Labute approximate surface area is 207 Å². The maximum atomic E-state index is 13.3. The Hall–Kier alpha value is -2.94. The number of amides is 4. The molecule has 9 heteroatoms. The van der Waals surface area contributed by atoms with Gasteiger partial charge in [-0.3, -0.25) is 0 Å². The van der Waals surface area contributed by atoms with E-state index in [9.17, 15) is 14.7 Å². The van der Waals surface area contributed by atoms with Gasteiger partial charge in [-0.15, -0.1) is 0 Å². The molecule has 2 aliphatic rings. The first kappa shape index (κ1) is 25.2. The highest BCUT2D eigenvalue weighted by Crippen LogP contribution is 2.50. The van der Waals surface area contributed by atoms with E-state index in [0.29, 0.717) is 19.6 Å². The molecule has 0 radical (unpaired) electrons. The fourth-order valence-corrected chi connectivity index (χ4v) is 5.79. The molecular formula is C26H39N5O4. The lowest BCUT2D eigenvalue weighted by Crippen LogP contribution is -2.59. The summed E-state index contributed by atoms with van der Waals surface area (Å²) in [5.41, 5.74) is 2.84. The number of benzene rings is 1.